The molecule has 6 heteroatoms. The van der Waals surface area contributed by atoms with Crippen LogP contribution in [0.1, 0.15) is 245 Å². The molecular formula is C62H102O6. The Balaban J connectivity index is 4.27. The van der Waals surface area contributed by atoms with Crippen LogP contribution in [0.2, 0.25) is 0 Å². The molecule has 0 aliphatic carbocycles. The van der Waals surface area contributed by atoms with E-state index in [1.54, 1.807) is 0 Å². The average molecular weight is 943 g/mol. The molecule has 68 heavy (non-hydrogen) atoms. The quantitative estimate of drug-likeness (QED) is 0.0262. The molecule has 1 atom stereocenters. The molecule has 0 fully saturated rings. The van der Waals surface area contributed by atoms with E-state index in [2.05, 4.69) is 130 Å². The largest absolute Gasteiger partial charge is 0.462 e. The van der Waals surface area contributed by atoms with Crippen molar-refractivity contribution >= 4 is 17.9 Å². The summed E-state index contributed by atoms with van der Waals surface area (Å²) in [7, 11) is 0. The van der Waals surface area contributed by atoms with E-state index in [9.17, 15) is 14.4 Å². The second-order valence-corrected chi connectivity index (χ2v) is 18.1. The Morgan fingerprint density at radius 1 is 0.309 bits per heavy atom. The first-order chi connectivity index (χ1) is 33.5. The Hall–Kier alpha value is -3.93. The summed E-state index contributed by atoms with van der Waals surface area (Å²) in [6, 6.07) is 0. The molecular weight excluding hydrogens is 841 g/mol. The van der Waals surface area contributed by atoms with Gasteiger partial charge in [-0.1, -0.05) is 226 Å². The van der Waals surface area contributed by atoms with Gasteiger partial charge < -0.3 is 14.2 Å². The Kier molecular flexibility index (Phi) is 52.4. The topological polar surface area (TPSA) is 78.9 Å². The third kappa shape index (κ3) is 53.0. The zero-order chi connectivity index (χ0) is 49.3. The van der Waals surface area contributed by atoms with E-state index in [4.69, 9.17) is 14.2 Å². The van der Waals surface area contributed by atoms with Gasteiger partial charge >= 0.3 is 17.9 Å². The summed E-state index contributed by atoms with van der Waals surface area (Å²) in [5.41, 5.74) is 0. The van der Waals surface area contributed by atoms with E-state index in [-0.39, 0.29) is 31.1 Å². The Bertz CT molecular complexity index is 1410. The van der Waals surface area contributed by atoms with Gasteiger partial charge in [0.1, 0.15) is 13.2 Å². The number of unbranched alkanes of at least 4 members (excludes halogenated alkanes) is 20. The smallest absolute Gasteiger partial charge is 0.306 e. The van der Waals surface area contributed by atoms with Crippen molar-refractivity contribution < 1.29 is 28.6 Å². The highest BCUT2D eigenvalue weighted by atomic mass is 16.6. The van der Waals surface area contributed by atoms with Gasteiger partial charge in [-0.15, -0.1) is 0 Å². The number of carbonyl (C=O) groups is 3. The van der Waals surface area contributed by atoms with Crippen LogP contribution in [0, 0.1) is 0 Å². The Labute approximate surface area is 419 Å². The van der Waals surface area contributed by atoms with Crippen LogP contribution in [-0.4, -0.2) is 37.2 Å². The van der Waals surface area contributed by atoms with Gasteiger partial charge in [0, 0.05) is 19.3 Å². The van der Waals surface area contributed by atoms with Crippen LogP contribution < -0.4 is 0 Å². The van der Waals surface area contributed by atoms with Gasteiger partial charge in [-0.3, -0.25) is 14.4 Å². The zero-order valence-electron chi connectivity index (χ0n) is 44.1. The number of esters is 3. The Morgan fingerprint density at radius 2 is 0.574 bits per heavy atom. The van der Waals surface area contributed by atoms with Crippen LogP contribution in [0.4, 0.5) is 0 Å². The molecule has 386 valence electrons. The molecule has 0 bridgehead atoms. The highest BCUT2D eigenvalue weighted by molar-refractivity contribution is 5.71. The van der Waals surface area contributed by atoms with E-state index in [0.717, 1.165) is 135 Å². The lowest BCUT2D eigenvalue weighted by molar-refractivity contribution is -0.167. The van der Waals surface area contributed by atoms with Crippen molar-refractivity contribution in [3.63, 3.8) is 0 Å². The van der Waals surface area contributed by atoms with Gasteiger partial charge in [0.2, 0.25) is 0 Å². The molecule has 0 spiro atoms. The number of hydrogen-bond acceptors (Lipinski definition) is 6. The monoisotopic (exact) mass is 943 g/mol. The fourth-order valence-corrected chi connectivity index (χ4v) is 7.33. The molecule has 0 saturated heterocycles. The number of carbonyl (C=O) groups excluding carboxylic acids is 3. The maximum Gasteiger partial charge on any atom is 0.306 e. The van der Waals surface area contributed by atoms with Gasteiger partial charge in [-0.05, 0) is 109 Å². The molecule has 0 N–H and O–H groups in total. The standard InChI is InChI=1S/C62H102O6/c1-4-7-10-13-16-19-21-23-24-25-26-27-28-29-30-31-32-33-34-35-36-37-38-40-41-43-46-49-52-55-61(64)67-58-59(57-66-60(63)54-51-48-45-18-15-12-9-6-3)68-62(65)56-53-50-47-44-42-39-22-20-17-14-11-8-5-2/h7,10,16,19-20,22-24,26-27,29-30,32-33,35-36,38,40,59H,4-6,8-9,11-15,17-18,21,25,28,31,34,37,39,41-58H2,1-3H3/b10-7-,19-16-,22-20-,24-23-,27-26-,30-29-,33-32-,36-35-,40-38-. The first-order valence-corrected chi connectivity index (χ1v) is 27.9. The van der Waals surface area contributed by atoms with Gasteiger partial charge in [0.15, 0.2) is 6.10 Å². The van der Waals surface area contributed by atoms with Gasteiger partial charge in [-0.25, -0.2) is 0 Å². The zero-order valence-corrected chi connectivity index (χ0v) is 44.1. The SMILES string of the molecule is CC/C=C\C/C=C\C/C=C\C/C=C\C/C=C\C/C=C\C/C=C\C/C=C\CCCCCCC(=O)OCC(COC(=O)CCCCCCCCCC)OC(=O)CCCCCCC/C=C\CCCCCC. The molecule has 0 heterocycles. The van der Waals surface area contributed by atoms with E-state index < -0.39 is 6.10 Å². The lowest BCUT2D eigenvalue weighted by Gasteiger charge is -2.18. The van der Waals surface area contributed by atoms with E-state index in [1.807, 2.05) is 0 Å². The minimum absolute atomic E-state index is 0.0895. The summed E-state index contributed by atoms with van der Waals surface area (Å²) in [5.74, 6) is -0.932. The lowest BCUT2D eigenvalue weighted by Crippen LogP contribution is -2.30. The second-order valence-electron chi connectivity index (χ2n) is 18.1. The second kappa shape index (κ2) is 55.7. The number of allylic oxidation sites excluding steroid dienone is 18. The van der Waals surface area contributed by atoms with Crippen molar-refractivity contribution in [1.29, 1.82) is 0 Å². The first kappa shape index (κ1) is 64.1. The van der Waals surface area contributed by atoms with Crippen LogP contribution >= 0.6 is 0 Å². The maximum atomic E-state index is 12.8. The van der Waals surface area contributed by atoms with E-state index in [1.165, 1.54) is 70.6 Å². The highest BCUT2D eigenvalue weighted by Crippen LogP contribution is 2.13. The molecule has 0 aromatic rings. The van der Waals surface area contributed by atoms with Crippen LogP contribution in [0.3, 0.4) is 0 Å². The van der Waals surface area contributed by atoms with Crippen LogP contribution in [-0.2, 0) is 28.6 Å². The van der Waals surface area contributed by atoms with Crippen molar-refractivity contribution in [2.75, 3.05) is 13.2 Å². The van der Waals surface area contributed by atoms with Crippen LogP contribution in [0.25, 0.3) is 0 Å². The molecule has 6 nitrogen and oxygen atoms in total. The highest BCUT2D eigenvalue weighted by Gasteiger charge is 2.19. The number of ether oxygens (including phenoxy) is 3. The normalized spacial score (nSPS) is 12.9. The summed E-state index contributed by atoms with van der Waals surface area (Å²) in [6.07, 6.45) is 75.2. The summed E-state index contributed by atoms with van der Waals surface area (Å²) in [6.45, 7) is 6.44. The third-order valence-electron chi connectivity index (χ3n) is 11.5. The predicted octanol–water partition coefficient (Wildman–Crippen LogP) is 18.7. The van der Waals surface area contributed by atoms with Crippen LogP contribution in [0.15, 0.2) is 109 Å². The fourth-order valence-electron chi connectivity index (χ4n) is 7.33. The fraction of sp³-hybridized carbons (Fsp3) is 0.661. The maximum absolute atomic E-state index is 12.8. The molecule has 0 aromatic heterocycles. The molecule has 0 radical (unpaired) electrons. The van der Waals surface area contributed by atoms with Crippen molar-refractivity contribution in [2.24, 2.45) is 0 Å². The average Bonchev–Trinajstić information content (AvgIpc) is 3.34. The van der Waals surface area contributed by atoms with Gasteiger partial charge in [-0.2, -0.15) is 0 Å². The molecule has 0 aliphatic rings. The molecule has 1 unspecified atom stereocenters. The summed E-state index contributed by atoms with van der Waals surface area (Å²) in [5, 5.41) is 0. The Morgan fingerprint density at radius 3 is 0.926 bits per heavy atom. The van der Waals surface area contributed by atoms with Crippen LogP contribution in [0.5, 0.6) is 0 Å². The van der Waals surface area contributed by atoms with Crippen molar-refractivity contribution in [2.45, 2.75) is 252 Å². The van der Waals surface area contributed by atoms with Gasteiger partial charge in [0.25, 0.3) is 0 Å². The number of hydrogen-bond donors (Lipinski definition) is 0. The minimum Gasteiger partial charge on any atom is -0.462 e. The summed E-state index contributed by atoms with van der Waals surface area (Å²) in [4.78, 5) is 37.9. The lowest BCUT2D eigenvalue weighted by atomic mass is 10.1. The molecule has 0 rings (SSSR count). The van der Waals surface area contributed by atoms with Crippen molar-refractivity contribution in [3.05, 3.63) is 109 Å². The third-order valence-corrected chi connectivity index (χ3v) is 11.5. The predicted molar refractivity (Wildman–Crippen MR) is 293 cm³/mol. The van der Waals surface area contributed by atoms with E-state index >= 15 is 0 Å². The summed E-state index contributed by atoms with van der Waals surface area (Å²) >= 11 is 0. The molecule has 0 aliphatic heterocycles. The summed E-state index contributed by atoms with van der Waals surface area (Å²) < 4.78 is 16.7. The molecule has 0 saturated carbocycles. The van der Waals surface area contributed by atoms with Gasteiger partial charge in [0.05, 0.1) is 0 Å². The van der Waals surface area contributed by atoms with Crippen molar-refractivity contribution in [1.82, 2.24) is 0 Å². The molecule has 0 amide bonds. The first-order valence-electron chi connectivity index (χ1n) is 27.9. The van der Waals surface area contributed by atoms with Crippen molar-refractivity contribution in [3.8, 4) is 0 Å². The molecule has 0 aromatic carbocycles. The minimum atomic E-state index is -0.791. The number of rotatable bonds is 49. The van der Waals surface area contributed by atoms with E-state index in [0.29, 0.717) is 19.3 Å².